The molecule has 1 aromatic carbocycles. The molecule has 1 heterocycles. The van der Waals surface area contributed by atoms with Gasteiger partial charge in [0.1, 0.15) is 10.7 Å². The number of rotatable bonds is 7. The van der Waals surface area contributed by atoms with Gasteiger partial charge in [-0.15, -0.1) is 0 Å². The van der Waals surface area contributed by atoms with Crippen molar-refractivity contribution in [2.75, 3.05) is 18.4 Å². The SMILES string of the molecule is CCN(CC)S(=O)(=O)c1cc(NC(=O)c2cc(C3CC3)on2)ccc1Cl. The van der Waals surface area contributed by atoms with Crippen LogP contribution in [0.1, 0.15) is 48.9 Å². The first kappa shape index (κ1) is 18.9. The van der Waals surface area contributed by atoms with E-state index in [0.717, 1.165) is 12.8 Å². The Bertz CT molecular complexity index is 918. The Morgan fingerprint density at radius 2 is 2.00 bits per heavy atom. The lowest BCUT2D eigenvalue weighted by Crippen LogP contribution is -2.30. The second-order valence-electron chi connectivity index (χ2n) is 6.08. The fraction of sp³-hybridized carbons (Fsp3) is 0.412. The number of amides is 1. The summed E-state index contributed by atoms with van der Waals surface area (Å²) in [5.41, 5.74) is 0.483. The fourth-order valence-electron chi connectivity index (χ4n) is 2.63. The van der Waals surface area contributed by atoms with Crippen molar-refractivity contribution in [1.29, 1.82) is 0 Å². The average molecular weight is 398 g/mol. The predicted molar refractivity (Wildman–Crippen MR) is 98.0 cm³/mol. The topological polar surface area (TPSA) is 92.5 Å². The maximum absolute atomic E-state index is 12.7. The van der Waals surface area contributed by atoms with E-state index in [4.69, 9.17) is 16.1 Å². The van der Waals surface area contributed by atoms with Crippen LogP contribution in [0.2, 0.25) is 5.02 Å². The van der Waals surface area contributed by atoms with Gasteiger partial charge in [0, 0.05) is 30.8 Å². The molecule has 1 saturated carbocycles. The zero-order chi connectivity index (χ0) is 18.9. The quantitative estimate of drug-likeness (QED) is 0.771. The lowest BCUT2D eigenvalue weighted by atomic mass is 10.2. The maximum Gasteiger partial charge on any atom is 0.277 e. The summed E-state index contributed by atoms with van der Waals surface area (Å²) in [7, 11) is -3.74. The summed E-state index contributed by atoms with van der Waals surface area (Å²) < 4.78 is 31.9. The molecule has 140 valence electrons. The second-order valence-corrected chi connectivity index (χ2v) is 8.39. The van der Waals surface area contributed by atoms with Crippen LogP contribution in [0.25, 0.3) is 0 Å². The second kappa shape index (κ2) is 7.38. The van der Waals surface area contributed by atoms with Crippen molar-refractivity contribution in [3.8, 4) is 0 Å². The van der Waals surface area contributed by atoms with Gasteiger partial charge < -0.3 is 9.84 Å². The fourth-order valence-corrected chi connectivity index (χ4v) is 4.59. The molecule has 0 aliphatic heterocycles. The highest BCUT2D eigenvalue weighted by atomic mass is 35.5. The number of hydrogen-bond donors (Lipinski definition) is 1. The van der Waals surface area contributed by atoms with E-state index in [2.05, 4.69) is 10.5 Å². The van der Waals surface area contributed by atoms with Gasteiger partial charge in [-0.25, -0.2) is 8.42 Å². The molecular formula is C17H20ClN3O4S. The molecule has 1 aliphatic rings. The van der Waals surface area contributed by atoms with Crippen LogP contribution in [-0.2, 0) is 10.0 Å². The number of nitrogens with zero attached hydrogens (tertiary/aromatic N) is 2. The van der Waals surface area contributed by atoms with Gasteiger partial charge in [-0.3, -0.25) is 4.79 Å². The lowest BCUT2D eigenvalue weighted by molar-refractivity contribution is 0.101. The number of carbonyl (C=O) groups is 1. The van der Waals surface area contributed by atoms with E-state index in [0.29, 0.717) is 30.5 Å². The summed E-state index contributed by atoms with van der Waals surface area (Å²) in [5.74, 6) is 0.593. The van der Waals surface area contributed by atoms with Crippen LogP contribution in [0, 0.1) is 0 Å². The molecule has 1 amide bonds. The van der Waals surface area contributed by atoms with E-state index in [1.807, 2.05) is 0 Å². The Morgan fingerprint density at radius 3 is 2.62 bits per heavy atom. The molecule has 0 unspecified atom stereocenters. The Hall–Kier alpha value is -1.90. The molecule has 9 heteroatoms. The smallest absolute Gasteiger partial charge is 0.277 e. The van der Waals surface area contributed by atoms with Crippen LogP contribution in [0.5, 0.6) is 0 Å². The monoisotopic (exact) mass is 397 g/mol. The normalized spacial score (nSPS) is 14.6. The Morgan fingerprint density at radius 1 is 1.31 bits per heavy atom. The molecule has 0 saturated heterocycles. The largest absolute Gasteiger partial charge is 0.360 e. The molecular weight excluding hydrogens is 378 g/mol. The molecule has 0 radical (unpaired) electrons. The number of anilines is 1. The summed E-state index contributed by atoms with van der Waals surface area (Å²) in [6.45, 7) is 4.16. The molecule has 26 heavy (non-hydrogen) atoms. The molecule has 7 nitrogen and oxygen atoms in total. The van der Waals surface area contributed by atoms with Crippen molar-refractivity contribution in [2.24, 2.45) is 0 Å². The van der Waals surface area contributed by atoms with Crippen molar-refractivity contribution in [2.45, 2.75) is 37.5 Å². The molecule has 1 aliphatic carbocycles. The lowest BCUT2D eigenvalue weighted by Gasteiger charge is -2.19. The number of nitrogens with one attached hydrogen (secondary N) is 1. The van der Waals surface area contributed by atoms with Gasteiger partial charge >= 0.3 is 0 Å². The van der Waals surface area contributed by atoms with E-state index < -0.39 is 15.9 Å². The number of hydrogen-bond acceptors (Lipinski definition) is 5. The van der Waals surface area contributed by atoms with E-state index in [1.165, 1.54) is 16.4 Å². The van der Waals surface area contributed by atoms with Crippen molar-refractivity contribution >= 4 is 33.2 Å². The van der Waals surface area contributed by atoms with Gasteiger partial charge in [-0.05, 0) is 31.0 Å². The minimum absolute atomic E-state index is 0.0421. The third-order valence-corrected chi connectivity index (χ3v) is 6.78. The van der Waals surface area contributed by atoms with Gasteiger partial charge in [-0.1, -0.05) is 30.6 Å². The van der Waals surface area contributed by atoms with Crippen molar-refractivity contribution in [1.82, 2.24) is 9.46 Å². The third-order valence-electron chi connectivity index (χ3n) is 4.25. The van der Waals surface area contributed by atoms with E-state index >= 15 is 0 Å². The van der Waals surface area contributed by atoms with Gasteiger partial charge in [-0.2, -0.15) is 4.31 Å². The average Bonchev–Trinajstić information content (AvgIpc) is 3.34. The van der Waals surface area contributed by atoms with Crippen LogP contribution in [0.4, 0.5) is 5.69 Å². The van der Waals surface area contributed by atoms with Crippen LogP contribution < -0.4 is 5.32 Å². The molecule has 1 aromatic heterocycles. The van der Waals surface area contributed by atoms with E-state index in [-0.39, 0.29) is 15.6 Å². The summed E-state index contributed by atoms with van der Waals surface area (Å²) >= 11 is 6.09. The summed E-state index contributed by atoms with van der Waals surface area (Å²) in [5, 5.41) is 6.52. The summed E-state index contributed by atoms with van der Waals surface area (Å²) in [4.78, 5) is 12.3. The molecule has 0 spiro atoms. The first-order valence-electron chi connectivity index (χ1n) is 8.44. The first-order valence-corrected chi connectivity index (χ1v) is 10.3. The number of sulfonamides is 1. The van der Waals surface area contributed by atoms with Gasteiger partial charge in [0.25, 0.3) is 5.91 Å². The van der Waals surface area contributed by atoms with Crippen LogP contribution >= 0.6 is 11.6 Å². The maximum atomic E-state index is 12.7. The molecule has 1 N–H and O–H groups in total. The first-order chi connectivity index (χ1) is 12.4. The molecule has 2 aromatic rings. The molecule has 3 rings (SSSR count). The Kier molecular flexibility index (Phi) is 5.36. The zero-order valence-corrected chi connectivity index (χ0v) is 16.1. The molecule has 1 fully saturated rings. The Balaban J connectivity index is 1.83. The number of halogens is 1. The van der Waals surface area contributed by atoms with Crippen molar-refractivity contribution in [3.05, 3.63) is 40.7 Å². The number of aromatic nitrogens is 1. The van der Waals surface area contributed by atoms with Crippen molar-refractivity contribution < 1.29 is 17.7 Å². The zero-order valence-electron chi connectivity index (χ0n) is 14.5. The summed E-state index contributed by atoms with van der Waals surface area (Å²) in [6.07, 6.45) is 2.08. The highest BCUT2D eigenvalue weighted by Crippen LogP contribution is 2.40. The minimum Gasteiger partial charge on any atom is -0.360 e. The standard InChI is InChI=1S/C17H20ClN3O4S/c1-3-21(4-2)26(23,24)16-9-12(7-8-13(16)18)19-17(22)14-10-15(25-20-14)11-5-6-11/h7-11H,3-6H2,1-2H3,(H,19,22). The Labute approximate surface area is 157 Å². The number of benzene rings is 1. The molecule has 0 atom stereocenters. The van der Waals surface area contributed by atoms with Crippen LogP contribution in [0.3, 0.4) is 0 Å². The van der Waals surface area contributed by atoms with Gasteiger partial charge in [0.15, 0.2) is 5.69 Å². The van der Waals surface area contributed by atoms with Gasteiger partial charge in [0.2, 0.25) is 10.0 Å². The minimum atomic E-state index is -3.74. The summed E-state index contributed by atoms with van der Waals surface area (Å²) in [6, 6.07) is 5.97. The highest BCUT2D eigenvalue weighted by molar-refractivity contribution is 7.89. The van der Waals surface area contributed by atoms with E-state index in [9.17, 15) is 13.2 Å². The van der Waals surface area contributed by atoms with Crippen LogP contribution in [-0.4, -0.2) is 36.9 Å². The van der Waals surface area contributed by atoms with Gasteiger partial charge in [0.05, 0.1) is 5.02 Å². The third kappa shape index (κ3) is 3.77. The van der Waals surface area contributed by atoms with Crippen molar-refractivity contribution in [3.63, 3.8) is 0 Å². The number of carbonyl (C=O) groups excluding carboxylic acids is 1. The van der Waals surface area contributed by atoms with Crippen LogP contribution in [0.15, 0.2) is 33.7 Å². The van der Waals surface area contributed by atoms with E-state index in [1.54, 1.807) is 26.0 Å². The predicted octanol–water partition coefficient (Wildman–Crippen LogP) is 3.49. The molecule has 0 bridgehead atoms. The highest BCUT2D eigenvalue weighted by Gasteiger charge is 2.29.